The lowest BCUT2D eigenvalue weighted by Crippen LogP contribution is -2.66. The smallest absolute Gasteiger partial charge is 0.374 e. The van der Waals surface area contributed by atoms with E-state index in [1.807, 2.05) is 26.2 Å². The van der Waals surface area contributed by atoms with E-state index in [4.69, 9.17) is 73.2 Å². The molecule has 0 aromatic carbocycles. The Morgan fingerprint density at radius 1 is 0.189 bits per heavy atom. The number of hydrogen-bond donors (Lipinski definition) is 2. The number of rotatable bonds is 60. The summed E-state index contributed by atoms with van der Waals surface area (Å²) in [6.07, 6.45) is 1.61. The summed E-state index contributed by atoms with van der Waals surface area (Å²) in [6, 6.07) is 1.65. The van der Waals surface area contributed by atoms with Crippen LogP contribution in [0.3, 0.4) is 0 Å². The summed E-state index contributed by atoms with van der Waals surface area (Å²) < 4.78 is 106. The summed E-state index contributed by atoms with van der Waals surface area (Å²) in [4.78, 5) is 0. The van der Waals surface area contributed by atoms with Crippen LogP contribution >= 0.6 is 0 Å². The van der Waals surface area contributed by atoms with Gasteiger partial charge in [0.15, 0.2) is 16.6 Å². The largest absolute Gasteiger partial charge is 0.436 e. The van der Waals surface area contributed by atoms with E-state index in [0.717, 1.165) is 24.9 Å². The first-order chi connectivity index (χ1) is 44.2. The van der Waals surface area contributed by atoms with E-state index < -0.39 is 136 Å². The van der Waals surface area contributed by atoms with Crippen LogP contribution in [-0.2, 0) is 61.7 Å². The van der Waals surface area contributed by atoms with Gasteiger partial charge in [-0.2, -0.15) is 0 Å². The molecule has 0 aliphatic rings. The summed E-state index contributed by atoms with van der Waals surface area (Å²) in [5, 5.41) is 0. The molecule has 0 aromatic heterocycles. The first-order valence-electron chi connectivity index (χ1n) is 30.4. The Morgan fingerprint density at radius 2 is 0.316 bits per heavy atom. The minimum Gasteiger partial charge on any atom is -0.436 e. The maximum absolute atomic E-state index is 7.17. The van der Waals surface area contributed by atoms with Crippen molar-refractivity contribution in [3.05, 3.63) is 295 Å². The lowest BCUT2D eigenvalue weighted by molar-refractivity contribution is 0.272. The van der Waals surface area contributed by atoms with Crippen molar-refractivity contribution >= 4 is 136 Å². The number of nitrogens with two attached hydrogens (primary N) is 2. The fraction of sp³-hybridized carbons (Fsp3) is 0.226. The van der Waals surface area contributed by atoms with Gasteiger partial charge in [-0.25, -0.2) is 0 Å². The standard InChI is InChI=1S/C62H112N2O15Si16/c1-33-84(34-2,66-81(27,28)62-58-60-64)69-86(37-5,38-6)71-88(41-9,42-10)73-90(45-13,46-14)75-92(49-17,50-18)77-94(53-21,54-22)79-95(55-23,56-24)78-93(51-19,52-20)76-91(47-15,48-16)74-89(43-11,44-12)72-87(39-7,40-8)70-85(35-3,36-4)68-83(31,32)67-82(29,30)65-80(25,26)61-57-59-63/h33-56H,1-24,57-64H2,25-32H3. The molecule has 524 valence electrons. The first-order valence-corrected chi connectivity index (χ1v) is 65.9. The second kappa shape index (κ2) is 38.4. The van der Waals surface area contributed by atoms with Crippen molar-refractivity contribution in [3.63, 3.8) is 0 Å². The van der Waals surface area contributed by atoms with Crippen LogP contribution in [0.5, 0.6) is 0 Å². The summed E-state index contributed by atoms with van der Waals surface area (Å²) >= 11 is 0. The minimum absolute atomic E-state index is 0.503. The maximum atomic E-state index is 7.17. The van der Waals surface area contributed by atoms with Crippen LogP contribution in [0, 0.1) is 0 Å². The summed E-state index contributed by atoms with van der Waals surface area (Å²) in [6.45, 7) is 118. The molecule has 0 aromatic rings. The highest BCUT2D eigenvalue weighted by molar-refractivity contribution is 7.06. The van der Waals surface area contributed by atoms with E-state index in [1.54, 1.807) is 45.6 Å². The van der Waals surface area contributed by atoms with Gasteiger partial charge in [0, 0.05) is 0 Å². The minimum atomic E-state index is -4.15. The van der Waals surface area contributed by atoms with Gasteiger partial charge in [-0.05, 0) is 227 Å². The quantitative estimate of drug-likeness (QED) is 0.0546. The zero-order valence-corrected chi connectivity index (χ0v) is 74.3. The van der Waals surface area contributed by atoms with Crippen LogP contribution in [0.15, 0.2) is 295 Å². The second-order valence-corrected chi connectivity index (χ2v) is 76.2. The average molecular weight is 1570 g/mol. The molecule has 0 saturated heterocycles. The van der Waals surface area contributed by atoms with Gasteiger partial charge in [-0.1, -0.05) is 0 Å². The van der Waals surface area contributed by atoms with Crippen molar-refractivity contribution in [1.29, 1.82) is 0 Å². The van der Waals surface area contributed by atoms with Crippen molar-refractivity contribution < 1.29 is 61.7 Å². The Kier molecular flexibility index (Phi) is 37.0. The van der Waals surface area contributed by atoms with E-state index in [1.165, 1.54) is 91.2 Å². The van der Waals surface area contributed by atoms with Gasteiger partial charge >= 0.3 is 120 Å². The topological polar surface area (TPSA) is 190 Å². The predicted molar refractivity (Wildman–Crippen MR) is 437 cm³/mol. The summed E-state index contributed by atoms with van der Waals surface area (Å²) in [5.41, 5.74) is 48.4. The molecular weight excluding hydrogens is 1460 g/mol. The van der Waals surface area contributed by atoms with Crippen LogP contribution in [0.4, 0.5) is 0 Å². The zero-order chi connectivity index (χ0) is 73.8. The molecule has 0 aliphatic carbocycles. The molecule has 0 heterocycles. The fourth-order valence-electron chi connectivity index (χ4n) is 9.27. The molecular formula is C62H112N2O15Si16. The Morgan fingerprint density at radius 3 is 0.463 bits per heavy atom. The van der Waals surface area contributed by atoms with Gasteiger partial charge < -0.3 is 73.2 Å². The molecule has 0 fully saturated rings. The van der Waals surface area contributed by atoms with Crippen molar-refractivity contribution in [1.82, 2.24) is 0 Å². The Hall–Kier alpha value is -3.45. The molecule has 95 heavy (non-hydrogen) atoms. The normalized spacial score (nSPS) is 13.6. The van der Waals surface area contributed by atoms with Gasteiger partial charge in [0.25, 0.3) is 0 Å². The van der Waals surface area contributed by atoms with Crippen LogP contribution in [0.25, 0.3) is 0 Å². The van der Waals surface area contributed by atoms with Gasteiger partial charge in [0.05, 0.1) is 0 Å². The van der Waals surface area contributed by atoms with Gasteiger partial charge in [0.1, 0.15) is 0 Å². The van der Waals surface area contributed by atoms with Crippen molar-refractivity contribution in [2.24, 2.45) is 11.5 Å². The molecule has 4 N–H and O–H groups in total. The third-order valence-corrected chi connectivity index (χ3v) is 73.8. The second-order valence-electron chi connectivity index (χ2n) is 23.2. The van der Waals surface area contributed by atoms with E-state index in [0.29, 0.717) is 13.1 Å². The van der Waals surface area contributed by atoms with Gasteiger partial charge in [-0.3, -0.25) is 0 Å². The Balaban J connectivity index is 7.93. The monoisotopic (exact) mass is 1570 g/mol. The third kappa shape index (κ3) is 25.0. The van der Waals surface area contributed by atoms with E-state index >= 15 is 0 Å². The highest BCUT2D eigenvalue weighted by Gasteiger charge is 2.60. The van der Waals surface area contributed by atoms with Crippen LogP contribution in [0.1, 0.15) is 12.8 Å². The van der Waals surface area contributed by atoms with Crippen LogP contribution in [-0.4, -0.2) is 150 Å². The molecule has 0 amide bonds. The highest BCUT2D eigenvalue weighted by Crippen LogP contribution is 2.38. The lowest BCUT2D eigenvalue weighted by Gasteiger charge is -2.46. The van der Waals surface area contributed by atoms with E-state index in [-0.39, 0.29) is 0 Å². The number of hydrogen-bond acceptors (Lipinski definition) is 17. The molecule has 0 saturated carbocycles. The summed E-state index contributed by atoms with van der Waals surface area (Å²) in [7, 11) is -58.2. The first kappa shape index (κ1) is 91.6. The molecule has 0 spiro atoms. The van der Waals surface area contributed by atoms with Crippen LogP contribution in [0.2, 0.25) is 64.5 Å². The average Bonchev–Trinajstić information content (AvgIpc) is 0.776. The van der Waals surface area contributed by atoms with Crippen LogP contribution < -0.4 is 11.5 Å². The Labute approximate surface area is 590 Å². The SMILES string of the molecule is C=C[Si](C=C)(O[Si](C)(C)CCCN)O[Si](C=C)(C=C)O[Si](C=C)(C=C)O[Si](C=C)(C=C)O[Si](C=C)(C=C)O[Si](C=C)(C=C)O[Si](C=C)(C=C)O[Si](C=C)(C=C)O[Si](C=C)(C=C)O[Si](C=C)(C=C)O[Si](C=C)(C=C)O[Si](C=C)(C=C)O[Si](C)(C)O[Si](C)(C)O[Si](C)(C)CCCN. The molecule has 0 atom stereocenters. The van der Waals surface area contributed by atoms with E-state index in [2.05, 4.69) is 184 Å². The highest BCUT2D eigenvalue weighted by atomic mass is 28.5. The predicted octanol–water partition coefficient (Wildman–Crippen LogP) is 14.5. The zero-order valence-electron chi connectivity index (χ0n) is 58.3. The van der Waals surface area contributed by atoms with Gasteiger partial charge in [-0.15, -0.1) is 158 Å². The molecule has 0 rings (SSSR count). The molecule has 17 nitrogen and oxygen atoms in total. The molecule has 0 bridgehead atoms. The molecule has 0 aliphatic heterocycles. The van der Waals surface area contributed by atoms with Crippen molar-refractivity contribution in [2.75, 3.05) is 13.1 Å². The van der Waals surface area contributed by atoms with Gasteiger partial charge in [0.2, 0.25) is 0 Å². The van der Waals surface area contributed by atoms with Crippen molar-refractivity contribution in [3.8, 4) is 0 Å². The maximum Gasteiger partial charge on any atom is 0.374 e. The molecule has 0 unspecified atom stereocenters. The lowest BCUT2D eigenvalue weighted by atomic mass is 10.5. The molecule has 0 radical (unpaired) electrons. The Bertz CT molecular complexity index is 2800. The summed E-state index contributed by atoms with van der Waals surface area (Å²) in [5.74, 6) is 0. The fourth-order valence-corrected chi connectivity index (χ4v) is 76.3. The van der Waals surface area contributed by atoms with Crippen molar-refractivity contribution in [2.45, 2.75) is 77.3 Å². The third-order valence-electron chi connectivity index (χ3n) is 14.2. The molecule has 33 heteroatoms. The van der Waals surface area contributed by atoms with E-state index in [9.17, 15) is 0 Å².